The molecule has 0 radical (unpaired) electrons. The van der Waals surface area contributed by atoms with Crippen LogP contribution >= 0.6 is 7.26 Å². The molecule has 0 aliphatic carbocycles. The number of esters is 1. The lowest BCUT2D eigenvalue weighted by atomic mass is 10.1. The van der Waals surface area contributed by atoms with E-state index in [0.717, 1.165) is 24.3 Å². The highest BCUT2D eigenvalue weighted by molar-refractivity contribution is 7.95. The monoisotopic (exact) mass is 702 g/mol. The lowest BCUT2D eigenvalue weighted by molar-refractivity contribution is -0.0000244. The first-order valence-electron chi connectivity index (χ1n) is 17.0. The maximum absolute atomic E-state index is 11.7. The Morgan fingerprint density at radius 2 is 0.978 bits per heavy atom. The molecule has 4 aromatic rings. The highest BCUT2D eigenvalue weighted by atomic mass is 79.9. The Hall–Kier alpha value is -2.94. The summed E-state index contributed by atoms with van der Waals surface area (Å²) in [5.74, 6) is 0.522. The fourth-order valence-corrected chi connectivity index (χ4v) is 10.8. The van der Waals surface area contributed by atoms with Gasteiger partial charge in [0, 0.05) is 0 Å². The quantitative estimate of drug-likeness (QED) is 0.0575. The van der Waals surface area contributed by atoms with E-state index in [1.54, 1.807) is 6.07 Å². The van der Waals surface area contributed by atoms with E-state index in [9.17, 15) is 4.79 Å². The van der Waals surface area contributed by atoms with Crippen molar-refractivity contribution in [2.45, 2.75) is 84.0 Å². The third-order valence-electron chi connectivity index (χ3n) is 8.85. The van der Waals surface area contributed by atoms with Gasteiger partial charge in [0.05, 0.1) is 25.4 Å². The van der Waals surface area contributed by atoms with Gasteiger partial charge in [-0.1, -0.05) is 112 Å². The second-order valence-electron chi connectivity index (χ2n) is 12.1. The van der Waals surface area contributed by atoms with E-state index in [4.69, 9.17) is 9.47 Å². The van der Waals surface area contributed by atoms with E-state index >= 15 is 0 Å². The third kappa shape index (κ3) is 11.1. The van der Waals surface area contributed by atoms with Gasteiger partial charge in [-0.25, -0.2) is 4.79 Å². The molecule has 0 saturated carbocycles. The average molecular weight is 704 g/mol. The zero-order valence-electron chi connectivity index (χ0n) is 27.8. The minimum absolute atomic E-state index is 0. The second kappa shape index (κ2) is 21.0. The molecule has 0 bridgehead atoms. The molecule has 4 rings (SSSR count). The number of methoxy groups -OCH3 is 1. The number of hydrogen-bond acceptors (Lipinski definition) is 3. The van der Waals surface area contributed by atoms with Gasteiger partial charge in [-0.15, -0.1) is 0 Å². The van der Waals surface area contributed by atoms with Crippen molar-refractivity contribution < 1.29 is 31.2 Å². The van der Waals surface area contributed by atoms with Crippen molar-refractivity contribution in [1.82, 2.24) is 0 Å². The molecular formula is C41H52BrO3P. The van der Waals surface area contributed by atoms with Gasteiger partial charge >= 0.3 is 5.97 Å². The van der Waals surface area contributed by atoms with Gasteiger partial charge in [-0.05, 0) is 86.3 Å². The SMILES string of the molecule is COC(=O)c1ccc(OCCCCCCCCCCCCCC[P+](c2ccccc2)(c2ccccc2)c2ccccc2)cc1C.[Br-]. The molecule has 0 fully saturated rings. The lowest BCUT2D eigenvalue weighted by Gasteiger charge is -2.27. The maximum Gasteiger partial charge on any atom is 0.338 e. The van der Waals surface area contributed by atoms with E-state index in [1.807, 2.05) is 19.1 Å². The summed E-state index contributed by atoms with van der Waals surface area (Å²) in [5.41, 5.74) is 1.48. The molecule has 0 atom stereocenters. The fraction of sp³-hybridized carbons (Fsp3) is 0.390. The van der Waals surface area contributed by atoms with Crippen LogP contribution in [-0.2, 0) is 4.74 Å². The molecule has 46 heavy (non-hydrogen) atoms. The Balaban J connectivity index is 0.00000576. The van der Waals surface area contributed by atoms with Crippen LogP contribution in [0.15, 0.2) is 109 Å². The first-order chi connectivity index (χ1) is 22.1. The van der Waals surface area contributed by atoms with Crippen LogP contribution in [0, 0.1) is 6.92 Å². The number of halogens is 1. The zero-order chi connectivity index (χ0) is 31.6. The van der Waals surface area contributed by atoms with E-state index in [1.165, 1.54) is 99.8 Å². The van der Waals surface area contributed by atoms with Crippen LogP contribution in [-0.4, -0.2) is 25.8 Å². The van der Waals surface area contributed by atoms with Crippen LogP contribution in [0.3, 0.4) is 0 Å². The molecule has 0 saturated heterocycles. The Morgan fingerprint density at radius 3 is 1.39 bits per heavy atom. The minimum Gasteiger partial charge on any atom is -1.00 e. The van der Waals surface area contributed by atoms with Gasteiger partial charge in [0.25, 0.3) is 0 Å². The third-order valence-corrected chi connectivity index (χ3v) is 13.4. The van der Waals surface area contributed by atoms with Gasteiger partial charge in [0.1, 0.15) is 28.9 Å². The number of unbranched alkanes of at least 4 members (excludes halogenated alkanes) is 11. The van der Waals surface area contributed by atoms with Crippen molar-refractivity contribution in [3.05, 3.63) is 120 Å². The molecule has 0 heterocycles. The molecule has 0 aliphatic rings. The van der Waals surface area contributed by atoms with Crippen molar-refractivity contribution >= 4 is 29.1 Å². The molecule has 0 unspecified atom stereocenters. The summed E-state index contributed by atoms with van der Waals surface area (Å²) in [4.78, 5) is 11.7. The van der Waals surface area contributed by atoms with Crippen LogP contribution in [0.1, 0.15) is 93.0 Å². The Kier molecular flexibility index (Phi) is 17.2. The van der Waals surface area contributed by atoms with Crippen LogP contribution in [0.2, 0.25) is 0 Å². The van der Waals surface area contributed by atoms with Crippen LogP contribution < -0.4 is 37.6 Å². The number of aryl methyl sites for hydroxylation is 1. The first kappa shape index (κ1) is 37.5. The molecule has 246 valence electrons. The molecule has 3 nitrogen and oxygen atoms in total. The van der Waals surface area contributed by atoms with E-state index in [-0.39, 0.29) is 23.0 Å². The summed E-state index contributed by atoms with van der Waals surface area (Å²) < 4.78 is 10.7. The summed E-state index contributed by atoms with van der Waals surface area (Å²) in [6.45, 7) is 2.64. The van der Waals surface area contributed by atoms with Gasteiger partial charge in [-0.3, -0.25) is 0 Å². The zero-order valence-corrected chi connectivity index (χ0v) is 30.3. The van der Waals surface area contributed by atoms with Crippen LogP contribution in [0.5, 0.6) is 5.75 Å². The van der Waals surface area contributed by atoms with Gasteiger partial charge in [0.15, 0.2) is 0 Å². The number of rotatable bonds is 20. The number of carbonyl (C=O) groups excluding carboxylic acids is 1. The first-order valence-corrected chi connectivity index (χ1v) is 19.0. The number of hydrogen-bond donors (Lipinski definition) is 0. The predicted octanol–water partition coefficient (Wildman–Crippen LogP) is 6.84. The normalized spacial score (nSPS) is 11.1. The van der Waals surface area contributed by atoms with E-state index in [2.05, 4.69) is 91.0 Å². The summed E-state index contributed by atoms with van der Waals surface area (Å²) >= 11 is 0. The Morgan fingerprint density at radius 1 is 0.565 bits per heavy atom. The van der Waals surface area contributed by atoms with Crippen molar-refractivity contribution in [2.24, 2.45) is 0 Å². The summed E-state index contributed by atoms with van der Waals surface area (Å²) in [6, 6.07) is 39.4. The highest BCUT2D eigenvalue weighted by Gasteiger charge is 2.44. The van der Waals surface area contributed by atoms with Gasteiger partial charge < -0.3 is 26.5 Å². The fourth-order valence-electron chi connectivity index (χ4n) is 6.36. The molecule has 5 heteroatoms. The largest absolute Gasteiger partial charge is 1.00 e. The van der Waals surface area contributed by atoms with Crippen molar-refractivity contribution in [1.29, 1.82) is 0 Å². The predicted molar refractivity (Wildman–Crippen MR) is 193 cm³/mol. The van der Waals surface area contributed by atoms with Gasteiger partial charge in [0.2, 0.25) is 0 Å². The lowest BCUT2D eigenvalue weighted by Crippen LogP contribution is -3.00. The standard InChI is InChI=1S/C41H52O3P.BrH/c1-35-34-36(30-31-40(35)41(42)43-2)44-32-22-11-9-7-5-3-4-6-8-10-12-23-33-45(37-24-16-13-17-25-37,38-26-18-14-19-27-38)39-28-20-15-21-29-39;/h13-21,24-31,34H,3-12,22-23,32-33H2,1-2H3;1H/q+1;/p-1. The van der Waals surface area contributed by atoms with E-state index in [0.29, 0.717) is 5.56 Å². The second-order valence-corrected chi connectivity index (χ2v) is 15.7. The molecule has 0 aliphatic heterocycles. The summed E-state index contributed by atoms with van der Waals surface area (Å²) in [7, 11) is -0.278. The maximum atomic E-state index is 11.7. The Bertz CT molecular complexity index is 1300. The van der Waals surface area contributed by atoms with Crippen LogP contribution in [0.25, 0.3) is 0 Å². The van der Waals surface area contributed by atoms with Crippen molar-refractivity contribution in [2.75, 3.05) is 19.9 Å². The van der Waals surface area contributed by atoms with E-state index < -0.39 is 7.26 Å². The summed E-state index contributed by atoms with van der Waals surface area (Å²) in [5, 5.41) is 4.49. The molecule has 0 amide bonds. The smallest absolute Gasteiger partial charge is 0.338 e. The number of benzene rings is 4. The molecular weight excluding hydrogens is 651 g/mol. The average Bonchev–Trinajstić information content (AvgIpc) is 3.09. The molecule has 0 aromatic heterocycles. The highest BCUT2D eigenvalue weighted by Crippen LogP contribution is 2.56. The summed E-state index contributed by atoms with van der Waals surface area (Å²) in [6.07, 6.45) is 16.8. The minimum atomic E-state index is -1.69. The topological polar surface area (TPSA) is 35.5 Å². The number of carbonyl (C=O) groups is 1. The van der Waals surface area contributed by atoms with Gasteiger partial charge in [-0.2, -0.15) is 0 Å². The molecule has 0 N–H and O–H groups in total. The van der Waals surface area contributed by atoms with Crippen molar-refractivity contribution in [3.63, 3.8) is 0 Å². The molecule has 0 spiro atoms. The number of ether oxygens (including phenoxy) is 2. The van der Waals surface area contributed by atoms with Crippen LogP contribution in [0.4, 0.5) is 0 Å². The Labute approximate surface area is 289 Å². The molecule has 4 aromatic carbocycles. The van der Waals surface area contributed by atoms with Crippen molar-refractivity contribution in [3.8, 4) is 5.75 Å².